The topological polar surface area (TPSA) is 109 Å². The van der Waals surface area contributed by atoms with Crippen LogP contribution in [-0.4, -0.2) is 18.9 Å². The number of benzene rings is 2. The molecule has 6 nitrogen and oxygen atoms in total. The van der Waals surface area contributed by atoms with Crippen molar-refractivity contribution in [2.75, 3.05) is 11.1 Å². The Kier molecular flexibility index (Phi) is 4.17. The van der Waals surface area contributed by atoms with Gasteiger partial charge in [-0.3, -0.25) is 9.35 Å². The van der Waals surface area contributed by atoms with Crippen molar-refractivity contribution >= 4 is 39.0 Å². The van der Waals surface area contributed by atoms with Crippen LogP contribution in [0.25, 0.3) is 0 Å². The number of halogens is 1. The molecule has 0 aliphatic carbocycles. The molecule has 0 saturated heterocycles. The van der Waals surface area contributed by atoms with Crippen molar-refractivity contribution in [3.63, 3.8) is 0 Å². The summed E-state index contributed by atoms with van der Waals surface area (Å²) in [5.41, 5.74) is 6.01. The lowest BCUT2D eigenvalue weighted by molar-refractivity contribution is 0.102. The van der Waals surface area contributed by atoms with Gasteiger partial charge in [0.15, 0.2) is 0 Å². The third-order valence-corrected chi connectivity index (χ3v) is 3.80. The molecule has 0 saturated carbocycles. The predicted octanol–water partition coefficient (Wildman–Crippen LogP) is 2.42. The number of nitrogen functional groups attached to an aromatic ring is 1. The van der Waals surface area contributed by atoms with E-state index in [0.29, 0.717) is 16.3 Å². The van der Waals surface area contributed by atoms with E-state index < -0.39 is 20.9 Å². The maximum atomic E-state index is 12.0. The summed E-state index contributed by atoms with van der Waals surface area (Å²) in [6, 6.07) is 10.0. The number of hydrogen-bond donors (Lipinski definition) is 3. The minimum atomic E-state index is -4.39. The van der Waals surface area contributed by atoms with Crippen molar-refractivity contribution in [3.05, 3.63) is 53.1 Å². The van der Waals surface area contributed by atoms with Crippen LogP contribution in [0, 0.1) is 0 Å². The summed E-state index contributed by atoms with van der Waals surface area (Å²) in [5.74, 6) is -0.420. The Bertz CT molecular complexity index is 806. The van der Waals surface area contributed by atoms with Crippen molar-refractivity contribution < 1.29 is 17.8 Å². The van der Waals surface area contributed by atoms with Crippen LogP contribution in [0.2, 0.25) is 5.02 Å². The van der Waals surface area contributed by atoms with Crippen LogP contribution in [0.5, 0.6) is 0 Å². The minimum absolute atomic E-state index is 0.165. The van der Waals surface area contributed by atoms with E-state index in [1.807, 2.05) is 0 Å². The second-order valence-corrected chi connectivity index (χ2v) is 6.02. The predicted molar refractivity (Wildman–Crippen MR) is 80.1 cm³/mol. The average Bonchev–Trinajstić information content (AvgIpc) is 2.37. The number of anilines is 2. The molecule has 4 N–H and O–H groups in total. The van der Waals surface area contributed by atoms with Crippen LogP contribution in [0.4, 0.5) is 11.4 Å². The first kappa shape index (κ1) is 15.3. The van der Waals surface area contributed by atoms with Gasteiger partial charge in [0.1, 0.15) is 4.90 Å². The molecule has 0 heterocycles. The van der Waals surface area contributed by atoms with Crippen molar-refractivity contribution in [3.8, 4) is 0 Å². The number of carbonyl (C=O) groups is 1. The summed E-state index contributed by atoms with van der Waals surface area (Å²) in [4.78, 5) is 11.6. The van der Waals surface area contributed by atoms with Gasteiger partial charge in [0.05, 0.1) is 5.69 Å². The van der Waals surface area contributed by atoms with E-state index in [2.05, 4.69) is 5.32 Å². The molecule has 0 unspecified atom stereocenters. The third kappa shape index (κ3) is 3.72. The smallest absolute Gasteiger partial charge is 0.296 e. The highest BCUT2D eigenvalue weighted by atomic mass is 35.5. The Hall–Kier alpha value is -2.09. The molecular formula is C13H11ClN2O4S. The van der Waals surface area contributed by atoms with Gasteiger partial charge in [-0.05, 0) is 36.4 Å². The van der Waals surface area contributed by atoms with Gasteiger partial charge in [-0.15, -0.1) is 0 Å². The maximum absolute atomic E-state index is 12.0. The van der Waals surface area contributed by atoms with E-state index >= 15 is 0 Å². The fourth-order valence-electron chi connectivity index (χ4n) is 1.69. The van der Waals surface area contributed by atoms with Crippen molar-refractivity contribution in [2.45, 2.75) is 4.90 Å². The Morgan fingerprint density at radius 3 is 2.48 bits per heavy atom. The van der Waals surface area contributed by atoms with Gasteiger partial charge in [-0.2, -0.15) is 8.42 Å². The maximum Gasteiger partial charge on any atom is 0.296 e. The molecule has 21 heavy (non-hydrogen) atoms. The summed E-state index contributed by atoms with van der Waals surface area (Å²) >= 11 is 5.79. The first-order valence-corrected chi connectivity index (χ1v) is 7.53. The summed E-state index contributed by atoms with van der Waals surface area (Å²) in [5, 5.41) is 2.97. The summed E-state index contributed by atoms with van der Waals surface area (Å²) in [6.45, 7) is 0. The molecule has 2 aromatic carbocycles. The number of nitrogens with one attached hydrogen (secondary N) is 1. The van der Waals surface area contributed by atoms with Gasteiger partial charge in [0.25, 0.3) is 16.0 Å². The zero-order valence-corrected chi connectivity index (χ0v) is 12.1. The van der Waals surface area contributed by atoms with Crippen molar-refractivity contribution in [2.24, 2.45) is 0 Å². The standard InChI is InChI=1S/C13H11ClN2O4S/c14-9-3-1-2-8(6-9)13(17)16-10-4-5-12(11(15)7-10)21(18,19)20/h1-7H,15H2,(H,16,17)(H,18,19,20). The molecule has 0 aromatic heterocycles. The Morgan fingerprint density at radius 2 is 1.90 bits per heavy atom. The molecule has 0 radical (unpaired) electrons. The van der Waals surface area contributed by atoms with Crippen LogP contribution in [0.3, 0.4) is 0 Å². The molecule has 0 aliphatic rings. The summed E-state index contributed by atoms with van der Waals surface area (Å²) in [7, 11) is -4.39. The Labute approximate surface area is 126 Å². The van der Waals surface area contributed by atoms with Gasteiger partial charge in [0, 0.05) is 16.3 Å². The van der Waals surface area contributed by atoms with Crippen LogP contribution < -0.4 is 11.1 Å². The SMILES string of the molecule is Nc1cc(NC(=O)c2cccc(Cl)c2)ccc1S(=O)(=O)O. The lowest BCUT2D eigenvalue weighted by Gasteiger charge is -2.08. The van der Waals surface area contributed by atoms with E-state index in [-0.39, 0.29) is 5.69 Å². The lowest BCUT2D eigenvalue weighted by atomic mass is 10.2. The number of carbonyl (C=O) groups excluding carboxylic acids is 1. The molecule has 0 atom stereocenters. The first-order valence-electron chi connectivity index (χ1n) is 5.71. The van der Waals surface area contributed by atoms with Gasteiger partial charge < -0.3 is 11.1 Å². The van der Waals surface area contributed by atoms with Crippen molar-refractivity contribution in [1.82, 2.24) is 0 Å². The molecular weight excluding hydrogens is 316 g/mol. The quantitative estimate of drug-likeness (QED) is 0.592. The van der Waals surface area contributed by atoms with E-state index in [0.717, 1.165) is 6.07 Å². The number of hydrogen-bond acceptors (Lipinski definition) is 4. The van der Waals surface area contributed by atoms with E-state index in [1.54, 1.807) is 18.2 Å². The highest BCUT2D eigenvalue weighted by Crippen LogP contribution is 2.22. The molecule has 110 valence electrons. The Balaban J connectivity index is 2.25. The number of amides is 1. The second kappa shape index (κ2) is 5.72. The number of rotatable bonds is 3. The van der Waals surface area contributed by atoms with Gasteiger partial charge in [0.2, 0.25) is 0 Å². The van der Waals surface area contributed by atoms with Gasteiger partial charge >= 0.3 is 0 Å². The monoisotopic (exact) mass is 326 g/mol. The first-order chi connectivity index (χ1) is 9.77. The normalized spacial score (nSPS) is 11.1. The van der Waals surface area contributed by atoms with E-state index in [1.165, 1.54) is 18.2 Å². The highest BCUT2D eigenvalue weighted by Gasteiger charge is 2.15. The van der Waals surface area contributed by atoms with Crippen LogP contribution >= 0.6 is 11.6 Å². The van der Waals surface area contributed by atoms with Crippen molar-refractivity contribution in [1.29, 1.82) is 0 Å². The largest absolute Gasteiger partial charge is 0.398 e. The zero-order chi connectivity index (χ0) is 15.6. The van der Waals surface area contributed by atoms with Crippen LogP contribution in [0.15, 0.2) is 47.4 Å². The molecule has 2 aromatic rings. The molecule has 8 heteroatoms. The van der Waals surface area contributed by atoms with E-state index in [4.69, 9.17) is 21.9 Å². The highest BCUT2D eigenvalue weighted by molar-refractivity contribution is 7.86. The second-order valence-electron chi connectivity index (χ2n) is 4.19. The fourth-order valence-corrected chi connectivity index (χ4v) is 2.48. The molecule has 0 spiro atoms. The average molecular weight is 327 g/mol. The van der Waals surface area contributed by atoms with Crippen LogP contribution in [-0.2, 0) is 10.1 Å². The van der Waals surface area contributed by atoms with E-state index in [9.17, 15) is 13.2 Å². The van der Waals surface area contributed by atoms with Crippen LogP contribution in [0.1, 0.15) is 10.4 Å². The summed E-state index contributed by atoms with van der Waals surface area (Å²) < 4.78 is 31.0. The molecule has 0 fully saturated rings. The molecule has 1 amide bonds. The third-order valence-electron chi connectivity index (χ3n) is 2.63. The zero-order valence-electron chi connectivity index (χ0n) is 10.6. The lowest BCUT2D eigenvalue weighted by Crippen LogP contribution is -2.12. The molecule has 2 rings (SSSR count). The Morgan fingerprint density at radius 1 is 1.19 bits per heavy atom. The molecule has 0 aliphatic heterocycles. The summed E-state index contributed by atoms with van der Waals surface area (Å²) in [6.07, 6.45) is 0. The van der Waals surface area contributed by atoms with Gasteiger partial charge in [-0.25, -0.2) is 0 Å². The number of nitrogens with two attached hydrogens (primary N) is 1. The molecule has 0 bridgehead atoms. The minimum Gasteiger partial charge on any atom is -0.398 e. The fraction of sp³-hybridized carbons (Fsp3) is 0. The van der Waals surface area contributed by atoms with Gasteiger partial charge in [-0.1, -0.05) is 17.7 Å².